The van der Waals surface area contributed by atoms with Gasteiger partial charge in [-0.15, -0.1) is 0 Å². The average molecular weight is 486 g/mol. The van der Waals surface area contributed by atoms with Gasteiger partial charge in [-0.3, -0.25) is 4.79 Å². The van der Waals surface area contributed by atoms with Gasteiger partial charge >= 0.3 is 0 Å². The van der Waals surface area contributed by atoms with Gasteiger partial charge in [0.2, 0.25) is 0 Å². The monoisotopic (exact) mass is 485 g/mol. The first-order valence-electron chi connectivity index (χ1n) is 6.98. The van der Waals surface area contributed by atoms with E-state index in [0.717, 1.165) is 20.4 Å². The topological polar surface area (TPSA) is 58.6 Å². The maximum Gasteiger partial charge on any atom is 0.256 e. The summed E-state index contributed by atoms with van der Waals surface area (Å²) in [6.45, 7) is 2.29. The number of phenolic OH excluding ortho intramolecular Hbond substituents is 1. The molecule has 0 fully saturated rings. The van der Waals surface area contributed by atoms with E-state index in [0.29, 0.717) is 22.4 Å². The minimum absolute atomic E-state index is 0.0554. The molecule has 2 aromatic carbocycles. The molecule has 3 rings (SSSR count). The fourth-order valence-electron chi connectivity index (χ4n) is 2.41. The van der Waals surface area contributed by atoms with Crippen LogP contribution in [-0.2, 0) is 4.79 Å². The van der Waals surface area contributed by atoms with Crippen LogP contribution in [0.2, 0.25) is 0 Å². The van der Waals surface area contributed by atoms with Crippen molar-refractivity contribution in [2.45, 2.75) is 6.92 Å². The van der Waals surface area contributed by atoms with E-state index >= 15 is 0 Å². The number of carbonyl (C=O) groups excluding carboxylic acids is 1. The molecule has 1 aliphatic heterocycles. The molecular formula is C17H13BrINO3. The van der Waals surface area contributed by atoms with E-state index in [-0.39, 0.29) is 11.7 Å². The third-order valence-electron chi connectivity index (χ3n) is 3.43. The van der Waals surface area contributed by atoms with Crippen LogP contribution in [-0.4, -0.2) is 17.6 Å². The van der Waals surface area contributed by atoms with Gasteiger partial charge in [-0.1, -0.05) is 0 Å². The van der Waals surface area contributed by atoms with Crippen LogP contribution < -0.4 is 10.1 Å². The number of fused-ring (bicyclic) bond motifs is 1. The van der Waals surface area contributed by atoms with E-state index in [9.17, 15) is 9.90 Å². The minimum atomic E-state index is -0.135. The highest BCUT2D eigenvalue weighted by Crippen LogP contribution is 2.38. The van der Waals surface area contributed by atoms with E-state index in [1.54, 1.807) is 18.2 Å². The molecule has 6 heteroatoms. The molecule has 2 N–H and O–H groups in total. The fraction of sp³-hybridized carbons (Fsp3) is 0.118. The van der Waals surface area contributed by atoms with Gasteiger partial charge in [-0.05, 0) is 87.4 Å². The molecule has 1 heterocycles. The molecule has 0 spiro atoms. The number of phenols is 1. The summed E-state index contributed by atoms with van der Waals surface area (Å²) >= 11 is 5.53. The van der Waals surface area contributed by atoms with E-state index in [4.69, 9.17) is 4.74 Å². The lowest BCUT2D eigenvalue weighted by molar-refractivity contribution is -0.110. The van der Waals surface area contributed by atoms with E-state index in [1.807, 2.05) is 25.1 Å². The summed E-state index contributed by atoms with van der Waals surface area (Å²) < 4.78 is 7.01. The molecule has 0 aliphatic carbocycles. The SMILES string of the molecule is CCOc1cc(/C=C2\C(=O)Nc3ccc(I)cc32)cc(Br)c1O. The second-order valence-electron chi connectivity index (χ2n) is 4.98. The van der Waals surface area contributed by atoms with Crippen molar-refractivity contribution < 1.29 is 14.6 Å². The molecule has 0 radical (unpaired) electrons. The normalized spacial score (nSPS) is 14.7. The third-order valence-corrected chi connectivity index (χ3v) is 4.70. The quantitative estimate of drug-likeness (QED) is 0.491. The Balaban J connectivity index is 2.09. The summed E-state index contributed by atoms with van der Waals surface area (Å²) in [7, 11) is 0. The molecule has 2 aromatic rings. The Labute approximate surface area is 155 Å². The number of aromatic hydroxyl groups is 1. The van der Waals surface area contributed by atoms with E-state index in [1.165, 1.54) is 0 Å². The first-order valence-corrected chi connectivity index (χ1v) is 8.85. The number of ether oxygens (including phenoxy) is 1. The van der Waals surface area contributed by atoms with Gasteiger partial charge in [-0.2, -0.15) is 0 Å². The molecule has 23 heavy (non-hydrogen) atoms. The van der Waals surface area contributed by atoms with Crippen molar-refractivity contribution in [3.8, 4) is 11.5 Å². The lowest BCUT2D eigenvalue weighted by Gasteiger charge is -2.09. The number of hydrogen-bond donors (Lipinski definition) is 2. The van der Waals surface area contributed by atoms with Crippen LogP contribution in [0.15, 0.2) is 34.8 Å². The second-order valence-corrected chi connectivity index (χ2v) is 7.08. The van der Waals surface area contributed by atoms with Crippen LogP contribution in [0.25, 0.3) is 11.6 Å². The predicted octanol–water partition coefficient (Wildman–Crippen LogP) is 4.65. The Morgan fingerprint density at radius 2 is 2.13 bits per heavy atom. The average Bonchev–Trinajstić information content (AvgIpc) is 2.80. The molecule has 118 valence electrons. The molecule has 1 amide bonds. The Hall–Kier alpha value is -1.54. The molecule has 0 atom stereocenters. The molecule has 1 aliphatic rings. The predicted molar refractivity (Wildman–Crippen MR) is 103 cm³/mol. The van der Waals surface area contributed by atoms with E-state index in [2.05, 4.69) is 43.8 Å². The first kappa shape index (κ1) is 16.3. The lowest BCUT2D eigenvalue weighted by atomic mass is 10.0. The second kappa shape index (κ2) is 6.52. The molecule has 0 aromatic heterocycles. The maximum absolute atomic E-state index is 12.2. The highest BCUT2D eigenvalue weighted by Gasteiger charge is 2.24. The molecule has 0 saturated heterocycles. The maximum atomic E-state index is 12.2. The summed E-state index contributed by atoms with van der Waals surface area (Å²) in [5.41, 5.74) is 3.06. The summed E-state index contributed by atoms with van der Waals surface area (Å²) in [6.07, 6.45) is 1.80. The summed E-state index contributed by atoms with van der Waals surface area (Å²) in [6, 6.07) is 9.29. The Morgan fingerprint density at radius 1 is 1.35 bits per heavy atom. The minimum Gasteiger partial charge on any atom is -0.503 e. The van der Waals surface area contributed by atoms with Gasteiger partial charge in [0, 0.05) is 20.4 Å². The number of carbonyl (C=O) groups is 1. The zero-order chi connectivity index (χ0) is 16.6. The van der Waals surface area contributed by atoms with Crippen molar-refractivity contribution in [2.75, 3.05) is 11.9 Å². The van der Waals surface area contributed by atoms with Gasteiger partial charge in [0.05, 0.1) is 11.1 Å². The van der Waals surface area contributed by atoms with Crippen LogP contribution in [0, 0.1) is 3.57 Å². The van der Waals surface area contributed by atoms with Crippen LogP contribution in [0.4, 0.5) is 5.69 Å². The molecule has 4 nitrogen and oxygen atoms in total. The summed E-state index contributed by atoms with van der Waals surface area (Å²) in [5, 5.41) is 12.8. The standard InChI is InChI=1S/C17H13BrINO3/c1-2-23-15-7-9(6-13(18)16(15)21)5-12-11-8-10(19)3-4-14(11)20-17(12)22/h3-8,21H,2H2,1H3,(H,20,22)/b12-5-. The van der Waals surface area contributed by atoms with E-state index < -0.39 is 0 Å². The number of benzene rings is 2. The molecule has 0 saturated carbocycles. The van der Waals surface area contributed by atoms with Gasteiger partial charge in [0.1, 0.15) is 0 Å². The van der Waals surface area contributed by atoms with Crippen molar-refractivity contribution in [1.29, 1.82) is 0 Å². The molecule has 0 bridgehead atoms. The van der Waals surface area contributed by atoms with Crippen molar-refractivity contribution in [3.05, 3.63) is 49.5 Å². The van der Waals surface area contributed by atoms with Crippen LogP contribution in [0.1, 0.15) is 18.1 Å². The van der Waals surface area contributed by atoms with Gasteiger partial charge in [0.25, 0.3) is 5.91 Å². The highest BCUT2D eigenvalue weighted by molar-refractivity contribution is 14.1. The summed E-state index contributed by atoms with van der Waals surface area (Å²) in [5.74, 6) is 0.305. The van der Waals surface area contributed by atoms with Crippen LogP contribution in [0.5, 0.6) is 11.5 Å². The first-order chi connectivity index (χ1) is 11.0. The van der Waals surface area contributed by atoms with Crippen molar-refractivity contribution in [2.24, 2.45) is 0 Å². The summed E-state index contributed by atoms with van der Waals surface area (Å²) in [4.78, 5) is 12.2. The largest absolute Gasteiger partial charge is 0.503 e. The Morgan fingerprint density at radius 3 is 2.87 bits per heavy atom. The van der Waals surface area contributed by atoms with Crippen molar-refractivity contribution in [3.63, 3.8) is 0 Å². The number of amides is 1. The van der Waals surface area contributed by atoms with Gasteiger partial charge in [-0.25, -0.2) is 0 Å². The highest BCUT2D eigenvalue weighted by atomic mass is 127. The number of hydrogen-bond acceptors (Lipinski definition) is 3. The Bertz CT molecular complexity index is 833. The fourth-order valence-corrected chi connectivity index (χ4v) is 3.36. The number of nitrogens with one attached hydrogen (secondary N) is 1. The molecule has 0 unspecified atom stereocenters. The molecular weight excluding hydrogens is 473 g/mol. The Kier molecular flexibility index (Phi) is 4.63. The van der Waals surface area contributed by atoms with Gasteiger partial charge < -0.3 is 15.2 Å². The van der Waals surface area contributed by atoms with Crippen LogP contribution >= 0.6 is 38.5 Å². The number of anilines is 1. The zero-order valence-corrected chi connectivity index (χ0v) is 15.9. The zero-order valence-electron chi connectivity index (χ0n) is 12.2. The number of rotatable bonds is 3. The smallest absolute Gasteiger partial charge is 0.256 e. The lowest BCUT2D eigenvalue weighted by Crippen LogP contribution is -2.03. The van der Waals surface area contributed by atoms with Gasteiger partial charge in [0.15, 0.2) is 11.5 Å². The van der Waals surface area contributed by atoms with Crippen molar-refractivity contribution in [1.82, 2.24) is 0 Å². The number of halogens is 2. The van der Waals surface area contributed by atoms with Crippen LogP contribution in [0.3, 0.4) is 0 Å². The third kappa shape index (κ3) is 3.23. The van der Waals surface area contributed by atoms with Crippen molar-refractivity contribution >= 4 is 61.8 Å².